The fraction of sp³-hybridized carbons (Fsp3) is 0.368. The molecule has 0 amide bonds. The molecule has 1 saturated heterocycles. The van der Waals surface area contributed by atoms with E-state index < -0.39 is 0 Å². The van der Waals surface area contributed by atoms with Crippen LogP contribution in [0.1, 0.15) is 0 Å². The topological polar surface area (TPSA) is 21.8 Å². The Morgan fingerprint density at radius 1 is 0.875 bits per heavy atom. The van der Waals surface area contributed by atoms with Crippen LogP contribution in [0.2, 0.25) is 5.02 Å². The van der Waals surface area contributed by atoms with Crippen LogP contribution >= 0.6 is 11.6 Å². The number of hydrogen-bond donors (Lipinski definition) is 1. The maximum atomic E-state index is 5.99. The highest BCUT2D eigenvalue weighted by Crippen LogP contribution is 2.28. The van der Waals surface area contributed by atoms with Crippen molar-refractivity contribution < 1.29 is 0 Å². The van der Waals surface area contributed by atoms with E-state index in [1.165, 1.54) is 17.1 Å². The molecule has 2 aliphatic rings. The number of halogens is 1. The third-order valence-corrected chi connectivity index (χ3v) is 5.13. The van der Waals surface area contributed by atoms with Crippen LogP contribution in [0.4, 0.5) is 17.1 Å². The zero-order valence-electron chi connectivity index (χ0n) is 13.8. The van der Waals surface area contributed by atoms with Crippen molar-refractivity contribution in [3.63, 3.8) is 0 Å². The van der Waals surface area contributed by atoms with E-state index in [0.29, 0.717) is 0 Å². The fourth-order valence-electron chi connectivity index (χ4n) is 3.53. The number of piperazine rings is 1. The highest BCUT2D eigenvalue weighted by molar-refractivity contribution is 6.30. The molecule has 4 nitrogen and oxygen atoms in total. The fourth-order valence-corrected chi connectivity index (χ4v) is 3.66. The van der Waals surface area contributed by atoms with E-state index >= 15 is 0 Å². The standard InChI is InChI=1S/C19H23ClN4/c20-16-5-7-17(8-6-16)23-13-11-22(12-14-23)15-24-10-9-21-18-3-1-2-4-19(18)24/h1-8,21H,9-15H2. The smallest absolute Gasteiger partial charge is 0.0709 e. The van der Waals surface area contributed by atoms with Crippen LogP contribution in [0.25, 0.3) is 0 Å². The van der Waals surface area contributed by atoms with E-state index in [1.807, 2.05) is 12.1 Å². The maximum absolute atomic E-state index is 5.99. The molecule has 2 aromatic rings. The maximum Gasteiger partial charge on any atom is 0.0709 e. The van der Waals surface area contributed by atoms with Crippen molar-refractivity contribution in [2.24, 2.45) is 0 Å². The summed E-state index contributed by atoms with van der Waals surface area (Å²) in [5.74, 6) is 0. The molecule has 2 heterocycles. The van der Waals surface area contributed by atoms with Crippen LogP contribution < -0.4 is 15.1 Å². The van der Waals surface area contributed by atoms with Crippen molar-refractivity contribution >= 4 is 28.7 Å². The van der Waals surface area contributed by atoms with Crippen molar-refractivity contribution in [1.29, 1.82) is 0 Å². The van der Waals surface area contributed by atoms with Gasteiger partial charge < -0.3 is 15.1 Å². The van der Waals surface area contributed by atoms with Crippen LogP contribution in [0.5, 0.6) is 0 Å². The molecule has 0 aromatic heterocycles. The first-order valence-electron chi connectivity index (χ1n) is 8.60. The van der Waals surface area contributed by atoms with E-state index in [-0.39, 0.29) is 0 Å². The van der Waals surface area contributed by atoms with Crippen LogP contribution in [0.3, 0.4) is 0 Å². The lowest BCUT2D eigenvalue weighted by molar-refractivity contribution is 0.257. The summed E-state index contributed by atoms with van der Waals surface area (Å²) in [6, 6.07) is 16.8. The molecular formula is C19H23ClN4. The summed E-state index contributed by atoms with van der Waals surface area (Å²) >= 11 is 5.99. The number of anilines is 3. The first-order valence-corrected chi connectivity index (χ1v) is 8.98. The van der Waals surface area contributed by atoms with E-state index in [0.717, 1.165) is 51.0 Å². The lowest BCUT2D eigenvalue weighted by Crippen LogP contribution is -2.51. The van der Waals surface area contributed by atoms with Crippen LogP contribution in [-0.4, -0.2) is 50.8 Å². The highest BCUT2D eigenvalue weighted by atomic mass is 35.5. The van der Waals surface area contributed by atoms with Gasteiger partial charge in [0.1, 0.15) is 0 Å². The monoisotopic (exact) mass is 342 g/mol. The summed E-state index contributed by atoms with van der Waals surface area (Å²) in [6.07, 6.45) is 0. The Hall–Kier alpha value is -1.91. The molecule has 1 N–H and O–H groups in total. The van der Waals surface area contributed by atoms with Gasteiger partial charge in [0.2, 0.25) is 0 Å². The minimum absolute atomic E-state index is 0.801. The molecule has 126 valence electrons. The second-order valence-corrected chi connectivity index (χ2v) is 6.87. The third kappa shape index (κ3) is 3.30. The summed E-state index contributed by atoms with van der Waals surface area (Å²) in [5.41, 5.74) is 3.85. The van der Waals surface area contributed by atoms with Gasteiger partial charge in [-0.2, -0.15) is 0 Å². The number of para-hydroxylation sites is 2. The molecule has 0 unspecified atom stereocenters. The average molecular weight is 343 g/mol. The van der Waals surface area contributed by atoms with Crippen molar-refractivity contribution in [1.82, 2.24) is 4.90 Å². The van der Waals surface area contributed by atoms with Gasteiger partial charge >= 0.3 is 0 Å². The van der Waals surface area contributed by atoms with Crippen molar-refractivity contribution in [2.45, 2.75) is 0 Å². The molecule has 0 aliphatic carbocycles. The predicted molar refractivity (Wildman–Crippen MR) is 102 cm³/mol. The largest absolute Gasteiger partial charge is 0.382 e. The van der Waals surface area contributed by atoms with Crippen molar-refractivity contribution in [3.8, 4) is 0 Å². The third-order valence-electron chi connectivity index (χ3n) is 4.88. The average Bonchev–Trinajstić information content (AvgIpc) is 2.63. The molecule has 0 atom stereocenters. The molecule has 4 rings (SSSR count). The summed E-state index contributed by atoms with van der Waals surface area (Å²) in [4.78, 5) is 7.48. The minimum Gasteiger partial charge on any atom is -0.382 e. The summed E-state index contributed by atoms with van der Waals surface area (Å²) in [7, 11) is 0. The first-order chi connectivity index (χ1) is 11.8. The zero-order chi connectivity index (χ0) is 16.4. The van der Waals surface area contributed by atoms with Crippen LogP contribution in [0, 0.1) is 0 Å². The normalized spacial score (nSPS) is 18.2. The van der Waals surface area contributed by atoms with Crippen LogP contribution in [-0.2, 0) is 0 Å². The number of rotatable bonds is 3. The van der Waals surface area contributed by atoms with Gasteiger partial charge in [-0.15, -0.1) is 0 Å². The Balaban J connectivity index is 1.36. The van der Waals surface area contributed by atoms with Crippen LogP contribution in [0.15, 0.2) is 48.5 Å². The molecule has 2 aliphatic heterocycles. The van der Waals surface area contributed by atoms with Gasteiger partial charge in [0.15, 0.2) is 0 Å². The summed E-state index contributed by atoms with van der Waals surface area (Å²) < 4.78 is 0. The summed E-state index contributed by atoms with van der Waals surface area (Å²) in [5, 5.41) is 4.28. The molecule has 0 saturated carbocycles. The van der Waals surface area contributed by atoms with Gasteiger partial charge in [-0.1, -0.05) is 23.7 Å². The Bertz CT molecular complexity index is 680. The number of nitrogens with one attached hydrogen (secondary N) is 1. The number of hydrogen-bond acceptors (Lipinski definition) is 4. The quantitative estimate of drug-likeness (QED) is 0.923. The zero-order valence-corrected chi connectivity index (χ0v) is 14.5. The highest BCUT2D eigenvalue weighted by Gasteiger charge is 2.22. The predicted octanol–water partition coefficient (Wildman–Crippen LogP) is 3.35. The van der Waals surface area contributed by atoms with Gasteiger partial charge in [-0.3, -0.25) is 4.90 Å². The van der Waals surface area contributed by atoms with Gasteiger partial charge in [0.05, 0.1) is 18.0 Å². The molecule has 0 spiro atoms. The van der Waals surface area contributed by atoms with Crippen molar-refractivity contribution in [2.75, 3.05) is 61.1 Å². The Morgan fingerprint density at radius 2 is 1.62 bits per heavy atom. The lowest BCUT2D eigenvalue weighted by Gasteiger charge is -2.40. The molecule has 5 heteroatoms. The lowest BCUT2D eigenvalue weighted by atomic mass is 10.2. The number of fused-ring (bicyclic) bond motifs is 1. The van der Waals surface area contributed by atoms with Gasteiger partial charge in [-0.05, 0) is 36.4 Å². The second kappa shape index (κ2) is 6.91. The van der Waals surface area contributed by atoms with Gasteiger partial charge in [0.25, 0.3) is 0 Å². The van der Waals surface area contributed by atoms with E-state index in [1.54, 1.807) is 0 Å². The molecular weight excluding hydrogens is 320 g/mol. The molecule has 0 radical (unpaired) electrons. The Labute approximate surface area is 148 Å². The molecule has 2 aromatic carbocycles. The first kappa shape index (κ1) is 15.6. The molecule has 24 heavy (non-hydrogen) atoms. The SMILES string of the molecule is Clc1ccc(N2CCN(CN3CCNc4ccccc43)CC2)cc1. The van der Waals surface area contributed by atoms with Gasteiger partial charge in [0, 0.05) is 50.0 Å². The Morgan fingerprint density at radius 3 is 2.42 bits per heavy atom. The minimum atomic E-state index is 0.801. The van der Waals surface area contributed by atoms with E-state index in [9.17, 15) is 0 Å². The summed E-state index contributed by atoms with van der Waals surface area (Å²) in [6.45, 7) is 7.40. The van der Waals surface area contributed by atoms with E-state index in [4.69, 9.17) is 11.6 Å². The van der Waals surface area contributed by atoms with Crippen molar-refractivity contribution in [3.05, 3.63) is 53.6 Å². The molecule has 1 fully saturated rings. The van der Waals surface area contributed by atoms with Gasteiger partial charge in [-0.25, -0.2) is 0 Å². The Kier molecular flexibility index (Phi) is 4.50. The molecule has 0 bridgehead atoms. The van der Waals surface area contributed by atoms with E-state index in [2.05, 4.69) is 56.4 Å². The second-order valence-electron chi connectivity index (χ2n) is 6.43. The number of benzene rings is 2. The number of nitrogens with zero attached hydrogens (tertiary/aromatic N) is 3.